The van der Waals surface area contributed by atoms with Gasteiger partial charge in [0.15, 0.2) is 10.7 Å². The van der Waals surface area contributed by atoms with Crippen LogP contribution >= 0.6 is 15.9 Å². The summed E-state index contributed by atoms with van der Waals surface area (Å²) in [5, 5.41) is 0. The Balaban J connectivity index is 2.07. The Hall–Kier alpha value is -0.430. The van der Waals surface area contributed by atoms with E-state index in [2.05, 4.69) is 45.9 Å². The molecule has 2 unspecified atom stereocenters. The van der Waals surface area contributed by atoms with Gasteiger partial charge in [-0.25, -0.2) is 8.42 Å². The van der Waals surface area contributed by atoms with Crippen molar-refractivity contribution in [3.8, 4) is 0 Å². The zero-order valence-electron chi connectivity index (χ0n) is 13.1. The van der Waals surface area contributed by atoms with E-state index in [9.17, 15) is 8.42 Å². The van der Waals surface area contributed by atoms with Crippen molar-refractivity contribution >= 4 is 26.6 Å². The van der Waals surface area contributed by atoms with Crippen molar-refractivity contribution < 1.29 is 8.42 Å². The van der Waals surface area contributed by atoms with E-state index in [1.165, 1.54) is 6.42 Å². The number of nitrogens with zero attached hydrogens (tertiary/aromatic N) is 2. The van der Waals surface area contributed by atoms with Crippen molar-refractivity contribution in [1.29, 1.82) is 0 Å². The first-order valence-corrected chi connectivity index (χ1v) is 9.84. The molecule has 22 heavy (non-hydrogen) atoms. The van der Waals surface area contributed by atoms with Gasteiger partial charge in [0.2, 0.25) is 0 Å². The molecule has 3 rings (SSSR count). The van der Waals surface area contributed by atoms with Crippen molar-refractivity contribution in [3.63, 3.8) is 0 Å². The molecule has 2 saturated heterocycles. The Morgan fingerprint density at radius 2 is 1.64 bits per heavy atom. The first-order chi connectivity index (χ1) is 10.5. The number of hydrogen-bond acceptors (Lipinski definition) is 4. The van der Waals surface area contributed by atoms with Gasteiger partial charge >= 0.3 is 0 Å². The van der Waals surface area contributed by atoms with Crippen molar-refractivity contribution in [2.45, 2.75) is 42.7 Å². The number of likely N-dealkylation sites (tertiary alicyclic amines) is 2. The number of hydrogen-bond donors (Lipinski definition) is 1. The van der Waals surface area contributed by atoms with Crippen LogP contribution in [0.1, 0.15) is 48.9 Å². The maximum atomic E-state index is 11.9. The number of rotatable bonds is 3. The molecule has 2 aliphatic heterocycles. The summed E-state index contributed by atoms with van der Waals surface area (Å²) in [6, 6.07) is 4.58. The van der Waals surface area contributed by atoms with Crippen molar-refractivity contribution in [3.05, 3.63) is 27.7 Å². The van der Waals surface area contributed by atoms with Gasteiger partial charge < -0.3 is 0 Å². The van der Waals surface area contributed by atoms with Crippen LogP contribution in [0.25, 0.3) is 0 Å². The smallest absolute Gasteiger partial charge is 0.168 e. The van der Waals surface area contributed by atoms with Gasteiger partial charge in [-0.3, -0.25) is 9.80 Å². The lowest BCUT2D eigenvalue weighted by molar-refractivity contribution is 0.309. The molecule has 2 fully saturated rings. The fraction of sp³-hybridized carbons (Fsp3) is 0.625. The van der Waals surface area contributed by atoms with Gasteiger partial charge in [-0.2, -0.15) is 0 Å². The molecule has 6 heteroatoms. The van der Waals surface area contributed by atoms with E-state index in [0.717, 1.165) is 48.0 Å². The molecular formula is C16H23BrN2O2S. The zero-order chi connectivity index (χ0) is 15.9. The van der Waals surface area contributed by atoms with Gasteiger partial charge in [-0.05, 0) is 70.6 Å². The molecule has 0 spiro atoms. The summed E-state index contributed by atoms with van der Waals surface area (Å²) in [6.07, 6.45) is 4.41. The largest absolute Gasteiger partial charge is 0.299 e. The lowest BCUT2D eigenvalue weighted by Crippen LogP contribution is -2.21. The van der Waals surface area contributed by atoms with Gasteiger partial charge in [0.05, 0.1) is 4.90 Å². The lowest BCUT2D eigenvalue weighted by atomic mass is 9.98. The molecule has 0 bridgehead atoms. The summed E-state index contributed by atoms with van der Waals surface area (Å²) >= 11 is 3.66. The Bertz CT molecular complexity index is 639. The highest BCUT2D eigenvalue weighted by Crippen LogP contribution is 2.41. The topological polar surface area (TPSA) is 40.6 Å². The van der Waals surface area contributed by atoms with Crippen LogP contribution < -0.4 is 0 Å². The van der Waals surface area contributed by atoms with Crippen LogP contribution in [0.4, 0.5) is 0 Å². The van der Waals surface area contributed by atoms with Crippen molar-refractivity contribution in [2.24, 2.45) is 0 Å². The summed E-state index contributed by atoms with van der Waals surface area (Å²) in [4.78, 5) is 5.06. The van der Waals surface area contributed by atoms with E-state index in [1.54, 1.807) is 0 Å². The summed E-state index contributed by atoms with van der Waals surface area (Å²) < 4.78 is 24.7. The minimum absolute atomic E-state index is 0.202. The Morgan fingerprint density at radius 1 is 1.05 bits per heavy atom. The number of benzene rings is 1. The molecule has 2 atom stereocenters. The molecule has 4 nitrogen and oxygen atoms in total. The lowest BCUT2D eigenvalue weighted by Gasteiger charge is -2.25. The molecule has 0 N–H and O–H groups in total. The second-order valence-electron chi connectivity index (χ2n) is 6.47. The summed E-state index contributed by atoms with van der Waals surface area (Å²) in [6.45, 7) is 2.10. The quantitative estimate of drug-likeness (QED) is 0.810. The minimum atomic E-state index is -2.59. The van der Waals surface area contributed by atoms with Gasteiger partial charge in [-0.15, -0.1) is 0 Å². The van der Waals surface area contributed by atoms with Crippen molar-refractivity contribution in [2.75, 3.05) is 27.2 Å². The van der Waals surface area contributed by atoms with Crippen LogP contribution in [0.2, 0.25) is 0 Å². The van der Waals surface area contributed by atoms with Crippen LogP contribution in [0.15, 0.2) is 21.5 Å². The Morgan fingerprint density at radius 3 is 2.14 bits per heavy atom. The predicted octanol–water partition coefficient (Wildman–Crippen LogP) is 2.95. The third-order valence-electron chi connectivity index (χ3n) is 5.09. The fourth-order valence-electron chi connectivity index (χ4n) is 3.90. The molecule has 122 valence electrons. The van der Waals surface area contributed by atoms with E-state index >= 15 is 0 Å². The Kier molecular flexibility index (Phi) is 4.92. The third kappa shape index (κ3) is 2.98. The minimum Gasteiger partial charge on any atom is -0.299 e. The second kappa shape index (κ2) is 6.59. The summed E-state index contributed by atoms with van der Waals surface area (Å²) in [5.74, 6) is 0. The highest BCUT2D eigenvalue weighted by molar-refractivity contribution is 9.10. The van der Waals surface area contributed by atoms with Crippen LogP contribution in [-0.2, 0) is 10.7 Å². The maximum absolute atomic E-state index is 11.9. The van der Waals surface area contributed by atoms with Gasteiger partial charge in [0, 0.05) is 22.1 Å². The molecular weight excluding hydrogens is 364 g/mol. The maximum Gasteiger partial charge on any atom is 0.168 e. The molecule has 0 aliphatic carbocycles. The first-order valence-electron chi connectivity index (χ1n) is 7.87. The number of thiol groups is 1. The molecule has 0 radical (unpaired) electrons. The van der Waals surface area contributed by atoms with Crippen molar-refractivity contribution in [1.82, 2.24) is 9.80 Å². The first kappa shape index (κ1) is 16.4. The van der Waals surface area contributed by atoms with Crippen LogP contribution in [0, 0.1) is 0 Å². The monoisotopic (exact) mass is 386 g/mol. The van der Waals surface area contributed by atoms with E-state index < -0.39 is 10.7 Å². The van der Waals surface area contributed by atoms with E-state index in [0.29, 0.717) is 10.9 Å². The average Bonchev–Trinajstić information content (AvgIpc) is 3.06. The van der Waals surface area contributed by atoms with E-state index in [-0.39, 0.29) is 6.04 Å². The van der Waals surface area contributed by atoms with E-state index in [4.69, 9.17) is 0 Å². The van der Waals surface area contributed by atoms with Crippen LogP contribution in [0.5, 0.6) is 0 Å². The molecule has 0 aromatic heterocycles. The van der Waals surface area contributed by atoms with Crippen LogP contribution in [-0.4, -0.2) is 45.4 Å². The second-order valence-corrected chi connectivity index (χ2v) is 8.32. The molecule has 0 amide bonds. The fourth-order valence-corrected chi connectivity index (χ4v) is 5.52. The van der Waals surface area contributed by atoms with Gasteiger partial charge in [-0.1, -0.05) is 15.9 Å². The Labute approximate surface area is 142 Å². The highest BCUT2D eigenvalue weighted by atomic mass is 79.9. The zero-order valence-corrected chi connectivity index (χ0v) is 15.6. The van der Waals surface area contributed by atoms with Crippen LogP contribution in [0.3, 0.4) is 0 Å². The van der Waals surface area contributed by atoms with Gasteiger partial charge in [0.1, 0.15) is 0 Å². The molecule has 2 heterocycles. The normalized spacial score (nSPS) is 27.1. The molecule has 1 aromatic rings. The average molecular weight is 387 g/mol. The molecule has 2 aliphatic rings. The van der Waals surface area contributed by atoms with Gasteiger partial charge in [0.25, 0.3) is 0 Å². The van der Waals surface area contributed by atoms with E-state index in [1.807, 2.05) is 6.07 Å². The molecule has 0 saturated carbocycles. The standard InChI is InChI=1S/C16H23BrN2O2S/c1-18-7-3-5-13(18)11-9-12(17)16(15(10-11)22(20)21)14-6-4-8-19(14)2/h9-10,13-14,22H,3-8H2,1-2H3. The highest BCUT2D eigenvalue weighted by Gasteiger charge is 2.30. The summed E-state index contributed by atoms with van der Waals surface area (Å²) in [7, 11) is 1.60. The molecule has 1 aromatic carbocycles. The SMILES string of the molecule is CN1CCCC1c1cc(Br)c(C2CCCN2C)c([SH](=O)=O)c1. The number of halogens is 1. The third-order valence-corrected chi connectivity index (χ3v) is 6.51. The predicted molar refractivity (Wildman–Crippen MR) is 91.9 cm³/mol. The summed E-state index contributed by atoms with van der Waals surface area (Å²) in [5.41, 5.74) is 2.06.